The monoisotopic (exact) mass is 535 g/mol. The Balaban J connectivity index is 1.19. The van der Waals surface area contributed by atoms with Crippen molar-refractivity contribution in [2.24, 2.45) is 44.6 Å². The number of rotatable bonds is 2. The molecule has 0 bridgehead atoms. The number of aliphatic hydroxyl groups excluding tert-OH is 1. The molecular formula is C31H38FN3O2S. The van der Waals surface area contributed by atoms with Gasteiger partial charge in [0.25, 0.3) is 5.91 Å². The fourth-order valence-corrected chi connectivity index (χ4v) is 10.3. The van der Waals surface area contributed by atoms with Crippen LogP contribution in [0.3, 0.4) is 0 Å². The van der Waals surface area contributed by atoms with E-state index in [-0.39, 0.29) is 34.7 Å². The van der Waals surface area contributed by atoms with E-state index in [2.05, 4.69) is 24.9 Å². The van der Waals surface area contributed by atoms with Crippen molar-refractivity contribution in [3.8, 4) is 0 Å². The molecule has 0 spiro atoms. The van der Waals surface area contributed by atoms with E-state index in [9.17, 15) is 14.3 Å². The normalized spacial score (nSPS) is 42.3. The molecule has 3 saturated carbocycles. The van der Waals surface area contributed by atoms with Gasteiger partial charge in [0.1, 0.15) is 5.82 Å². The van der Waals surface area contributed by atoms with E-state index >= 15 is 0 Å². The average molecular weight is 536 g/mol. The maximum Gasteiger partial charge on any atom is 0.258 e. The Kier molecular flexibility index (Phi) is 5.94. The second kappa shape index (κ2) is 9.02. The number of thioether (sulfide) groups is 1. The van der Waals surface area contributed by atoms with Crippen molar-refractivity contribution >= 4 is 28.5 Å². The summed E-state index contributed by atoms with van der Waals surface area (Å²) in [6.07, 6.45) is 12.0. The summed E-state index contributed by atoms with van der Waals surface area (Å²) in [7, 11) is 0. The first-order valence-corrected chi connectivity index (χ1v) is 15.5. The summed E-state index contributed by atoms with van der Waals surface area (Å²) in [5.41, 5.74) is 4.08. The molecule has 1 unspecified atom stereocenters. The van der Waals surface area contributed by atoms with Crippen molar-refractivity contribution in [2.75, 3.05) is 5.75 Å². The number of allylic oxidation sites excluding steroid dienone is 1. The molecule has 1 amide bonds. The lowest BCUT2D eigenvalue weighted by Gasteiger charge is -2.58. The summed E-state index contributed by atoms with van der Waals surface area (Å²) in [4.78, 5) is 16.3. The van der Waals surface area contributed by atoms with Crippen LogP contribution in [-0.2, 0) is 4.79 Å². The molecule has 0 aromatic heterocycles. The number of nitrogens with zero attached hydrogens (tertiary/aromatic N) is 3. The van der Waals surface area contributed by atoms with Gasteiger partial charge < -0.3 is 5.11 Å². The van der Waals surface area contributed by atoms with E-state index in [0.717, 1.165) is 44.1 Å². The van der Waals surface area contributed by atoms with Gasteiger partial charge in [-0.15, -0.1) is 0 Å². The Hall–Kier alpha value is -1.99. The number of fused-ring (bicyclic) bond motifs is 5. The van der Waals surface area contributed by atoms with Crippen molar-refractivity contribution in [2.45, 2.75) is 83.8 Å². The first-order valence-electron chi connectivity index (χ1n) is 14.5. The van der Waals surface area contributed by atoms with Crippen LogP contribution in [0.1, 0.15) is 83.2 Å². The van der Waals surface area contributed by atoms with Gasteiger partial charge in [-0.2, -0.15) is 10.1 Å². The van der Waals surface area contributed by atoms with Crippen molar-refractivity contribution in [3.63, 3.8) is 0 Å². The van der Waals surface area contributed by atoms with Gasteiger partial charge in [-0.1, -0.05) is 49.4 Å². The highest BCUT2D eigenvalue weighted by molar-refractivity contribution is 8.14. The Morgan fingerprint density at radius 1 is 1.11 bits per heavy atom. The topological polar surface area (TPSA) is 65.3 Å². The number of aliphatic imine (C=N–C) groups is 1. The Bertz CT molecular complexity index is 1260. The van der Waals surface area contributed by atoms with Crippen LogP contribution in [0.5, 0.6) is 0 Å². The van der Waals surface area contributed by atoms with Gasteiger partial charge in [-0.3, -0.25) is 4.79 Å². The van der Waals surface area contributed by atoms with Crippen LogP contribution >= 0.6 is 11.8 Å². The van der Waals surface area contributed by atoms with Gasteiger partial charge >= 0.3 is 0 Å². The van der Waals surface area contributed by atoms with Gasteiger partial charge in [0.15, 0.2) is 5.17 Å². The smallest absolute Gasteiger partial charge is 0.258 e. The quantitative estimate of drug-likeness (QED) is 0.439. The summed E-state index contributed by atoms with van der Waals surface area (Å²) in [6.45, 7) is 5.01. The second-order valence-electron chi connectivity index (χ2n) is 13.1. The molecule has 2 heterocycles. The van der Waals surface area contributed by atoms with E-state index in [0.29, 0.717) is 34.6 Å². The molecule has 5 nitrogen and oxygen atoms in total. The van der Waals surface area contributed by atoms with Crippen molar-refractivity contribution in [1.82, 2.24) is 5.01 Å². The largest absolute Gasteiger partial charge is 0.393 e. The van der Waals surface area contributed by atoms with Crippen LogP contribution in [0.4, 0.5) is 4.39 Å². The van der Waals surface area contributed by atoms with Crippen LogP contribution in [0.2, 0.25) is 0 Å². The lowest BCUT2D eigenvalue weighted by Crippen LogP contribution is -2.51. The molecule has 202 valence electrons. The molecular weight excluding hydrogens is 497 g/mol. The molecule has 1 aromatic carbocycles. The molecule has 7 heteroatoms. The molecule has 2 aliphatic heterocycles. The zero-order chi connectivity index (χ0) is 26.2. The van der Waals surface area contributed by atoms with Gasteiger partial charge in [0.2, 0.25) is 0 Å². The second-order valence-corrected chi connectivity index (χ2v) is 14.1. The Labute approximate surface area is 229 Å². The minimum atomic E-state index is -0.243. The summed E-state index contributed by atoms with van der Waals surface area (Å²) in [6, 6.07) is 6.70. The number of hydrogen-bond acceptors (Lipinski definition) is 5. The fourth-order valence-electron chi connectivity index (χ4n) is 9.50. The molecule has 7 rings (SSSR count). The van der Waals surface area contributed by atoms with Gasteiger partial charge in [-0.25, -0.2) is 9.40 Å². The lowest BCUT2D eigenvalue weighted by atomic mass is 9.47. The third-order valence-corrected chi connectivity index (χ3v) is 12.3. The van der Waals surface area contributed by atoms with Crippen molar-refractivity contribution in [3.05, 3.63) is 47.3 Å². The fraction of sp³-hybridized carbons (Fsp3) is 0.645. The number of hydrogen-bond donors (Lipinski definition) is 1. The van der Waals surface area contributed by atoms with Gasteiger partial charge in [-0.05, 0) is 97.6 Å². The zero-order valence-electron chi connectivity index (χ0n) is 22.4. The molecule has 6 aliphatic rings. The number of hydrazone groups is 1. The third kappa shape index (κ3) is 3.78. The number of carbonyl (C=O) groups excluding carboxylic acids is 1. The van der Waals surface area contributed by atoms with Crippen LogP contribution < -0.4 is 0 Å². The minimum Gasteiger partial charge on any atom is -0.393 e. The SMILES string of the molecule is C[C@]12CC[C@H]3[C@@H](CC=C4C[C@@H](O)CC[C@@]43C)[C@@H]1CC[C@@H]2C1=NN(C2=NC(=O)CS2)C(c2cccc(F)c2)C1. The maximum absolute atomic E-state index is 14.2. The van der Waals surface area contributed by atoms with Crippen LogP contribution in [0, 0.1) is 40.3 Å². The standard InChI is InChI=1S/C31H38FN3O2S/c1-30-12-10-21(36)15-19(30)6-7-22-23-8-9-25(31(23,2)13-11-24(22)30)26-16-27(18-4-3-5-20(32)14-18)35(34-26)29-33-28(37)17-38-29/h3-6,14,21-25,27,36H,7-13,15-17H2,1-2H3/t21-,22-,23-,24-,25+,27?,30-,31-/m0/s1. The lowest BCUT2D eigenvalue weighted by molar-refractivity contribution is -0.115. The first kappa shape index (κ1) is 25.0. The van der Waals surface area contributed by atoms with E-state index in [1.807, 2.05) is 11.1 Å². The molecule has 1 aromatic rings. The van der Waals surface area contributed by atoms with E-state index in [1.165, 1.54) is 48.4 Å². The molecule has 4 aliphatic carbocycles. The maximum atomic E-state index is 14.2. The number of aliphatic hydroxyl groups is 1. The Morgan fingerprint density at radius 2 is 1.97 bits per heavy atom. The predicted molar refractivity (Wildman–Crippen MR) is 149 cm³/mol. The number of carbonyl (C=O) groups is 1. The van der Waals surface area contributed by atoms with Crippen LogP contribution in [0.25, 0.3) is 0 Å². The highest BCUT2D eigenvalue weighted by Crippen LogP contribution is 2.66. The highest BCUT2D eigenvalue weighted by Gasteiger charge is 2.60. The molecule has 1 N–H and O–H groups in total. The average Bonchev–Trinajstić information content (AvgIpc) is 3.60. The summed E-state index contributed by atoms with van der Waals surface area (Å²) in [5, 5.41) is 18.1. The summed E-state index contributed by atoms with van der Waals surface area (Å²) >= 11 is 1.44. The third-order valence-electron chi connectivity index (χ3n) is 11.4. The van der Waals surface area contributed by atoms with E-state index < -0.39 is 0 Å². The van der Waals surface area contributed by atoms with E-state index in [4.69, 9.17) is 5.10 Å². The number of amidine groups is 1. The van der Waals surface area contributed by atoms with Crippen LogP contribution in [0.15, 0.2) is 46.0 Å². The zero-order valence-corrected chi connectivity index (χ0v) is 23.2. The molecule has 0 radical (unpaired) electrons. The minimum absolute atomic E-state index is 0.119. The van der Waals surface area contributed by atoms with E-state index in [1.54, 1.807) is 12.1 Å². The predicted octanol–water partition coefficient (Wildman–Crippen LogP) is 6.50. The highest BCUT2D eigenvalue weighted by atomic mass is 32.2. The molecule has 38 heavy (non-hydrogen) atoms. The molecule has 8 atom stereocenters. The van der Waals surface area contributed by atoms with Gasteiger partial charge in [0, 0.05) is 18.1 Å². The molecule has 3 fully saturated rings. The molecule has 0 saturated heterocycles. The number of halogens is 1. The first-order chi connectivity index (χ1) is 18.3. The summed E-state index contributed by atoms with van der Waals surface area (Å²) < 4.78 is 14.2. The number of benzene rings is 1. The van der Waals surface area contributed by atoms with Crippen molar-refractivity contribution in [1.29, 1.82) is 0 Å². The number of amides is 1. The van der Waals surface area contributed by atoms with Crippen LogP contribution in [-0.4, -0.2) is 38.8 Å². The van der Waals surface area contributed by atoms with Gasteiger partial charge in [0.05, 0.1) is 17.9 Å². The summed E-state index contributed by atoms with van der Waals surface area (Å²) in [5.74, 6) is 2.49. The Morgan fingerprint density at radius 3 is 2.76 bits per heavy atom. The van der Waals surface area contributed by atoms with Crippen molar-refractivity contribution < 1.29 is 14.3 Å².